The molecule has 2 nitrogen and oxygen atoms in total. The summed E-state index contributed by atoms with van der Waals surface area (Å²) >= 11 is 5.62. The summed E-state index contributed by atoms with van der Waals surface area (Å²) in [5, 5.41) is 10.3. The molecule has 0 fully saturated rings. The molecule has 0 aliphatic carbocycles. The van der Waals surface area contributed by atoms with E-state index >= 15 is 0 Å². The number of hydrogen-bond acceptors (Lipinski definition) is 2. The molecule has 1 aromatic carbocycles. The van der Waals surface area contributed by atoms with Crippen LogP contribution in [0.3, 0.4) is 0 Å². The van der Waals surface area contributed by atoms with Crippen LogP contribution in [-0.4, -0.2) is 24.4 Å². The molecule has 0 saturated heterocycles. The normalized spacial score (nSPS) is 15.5. The van der Waals surface area contributed by atoms with Crippen LogP contribution >= 0.6 is 11.6 Å². The first-order valence-electron chi connectivity index (χ1n) is 5.90. The fourth-order valence-corrected chi connectivity index (χ4v) is 2.22. The van der Waals surface area contributed by atoms with Gasteiger partial charge in [0.1, 0.15) is 5.82 Å². The zero-order valence-electron chi connectivity index (χ0n) is 11.2. The molecule has 0 spiro atoms. The Morgan fingerprint density at radius 3 is 2.44 bits per heavy atom. The van der Waals surface area contributed by atoms with Crippen molar-refractivity contribution >= 4 is 11.6 Å². The molecule has 4 heteroatoms. The van der Waals surface area contributed by atoms with Crippen LogP contribution in [0.2, 0.25) is 5.02 Å². The topological polar surface area (TPSA) is 29.5 Å². The predicted molar refractivity (Wildman–Crippen MR) is 71.4 cm³/mol. The van der Waals surface area contributed by atoms with Gasteiger partial charge in [0.05, 0.1) is 17.2 Å². The van der Waals surface area contributed by atoms with Gasteiger partial charge in [-0.05, 0) is 23.1 Å². The standard InChI is InChI=1S/C14H20ClFO2/c1-14(2,3)13(18-4)12(17)8-9-5-6-10(15)11(16)7-9/h5-7,12-13,17H,8H2,1-4H3. The van der Waals surface area contributed by atoms with Crippen LogP contribution in [0.25, 0.3) is 0 Å². The van der Waals surface area contributed by atoms with E-state index in [0.29, 0.717) is 12.0 Å². The van der Waals surface area contributed by atoms with Crippen molar-refractivity contribution in [2.45, 2.75) is 39.4 Å². The molecule has 0 radical (unpaired) electrons. The zero-order chi connectivity index (χ0) is 13.9. The van der Waals surface area contributed by atoms with Crippen molar-refractivity contribution in [3.8, 4) is 0 Å². The second kappa shape index (κ2) is 6.00. The Balaban J connectivity index is 2.80. The third kappa shape index (κ3) is 3.94. The Kier molecular flexibility index (Phi) is 5.14. The van der Waals surface area contributed by atoms with Crippen LogP contribution in [0.15, 0.2) is 18.2 Å². The van der Waals surface area contributed by atoms with E-state index in [1.54, 1.807) is 13.2 Å². The van der Waals surface area contributed by atoms with E-state index in [0.717, 1.165) is 0 Å². The maximum atomic E-state index is 13.3. The third-order valence-electron chi connectivity index (χ3n) is 2.89. The average Bonchev–Trinajstić information content (AvgIpc) is 2.22. The molecule has 18 heavy (non-hydrogen) atoms. The number of methoxy groups -OCH3 is 1. The number of benzene rings is 1. The summed E-state index contributed by atoms with van der Waals surface area (Å²) in [4.78, 5) is 0. The number of aliphatic hydroxyl groups excluding tert-OH is 1. The summed E-state index contributed by atoms with van der Waals surface area (Å²) in [5.41, 5.74) is 0.523. The van der Waals surface area contributed by atoms with Crippen molar-refractivity contribution < 1.29 is 14.2 Å². The van der Waals surface area contributed by atoms with Crippen molar-refractivity contribution in [1.29, 1.82) is 0 Å². The summed E-state index contributed by atoms with van der Waals surface area (Å²) in [5.74, 6) is -0.467. The number of aliphatic hydroxyl groups is 1. The number of rotatable bonds is 4. The van der Waals surface area contributed by atoms with E-state index in [1.165, 1.54) is 12.1 Å². The van der Waals surface area contributed by atoms with E-state index in [-0.39, 0.29) is 16.5 Å². The molecule has 0 aliphatic heterocycles. The highest BCUT2D eigenvalue weighted by molar-refractivity contribution is 6.30. The molecule has 1 N–H and O–H groups in total. The van der Waals surface area contributed by atoms with Crippen molar-refractivity contribution in [2.24, 2.45) is 5.41 Å². The van der Waals surface area contributed by atoms with Crippen molar-refractivity contribution in [3.05, 3.63) is 34.6 Å². The minimum absolute atomic E-state index is 0.0901. The van der Waals surface area contributed by atoms with Gasteiger partial charge in [-0.25, -0.2) is 4.39 Å². The average molecular weight is 275 g/mol. The van der Waals surface area contributed by atoms with Gasteiger partial charge in [0.2, 0.25) is 0 Å². The SMILES string of the molecule is COC(C(O)Cc1ccc(Cl)c(F)c1)C(C)(C)C. The van der Waals surface area contributed by atoms with Gasteiger partial charge >= 0.3 is 0 Å². The summed E-state index contributed by atoms with van der Waals surface area (Å²) < 4.78 is 18.6. The van der Waals surface area contributed by atoms with E-state index in [1.807, 2.05) is 20.8 Å². The number of ether oxygens (including phenoxy) is 1. The first-order valence-corrected chi connectivity index (χ1v) is 6.28. The summed E-state index contributed by atoms with van der Waals surface area (Å²) in [6.07, 6.45) is -0.657. The lowest BCUT2D eigenvalue weighted by Crippen LogP contribution is -2.40. The molecular formula is C14H20ClFO2. The van der Waals surface area contributed by atoms with Crippen LogP contribution in [-0.2, 0) is 11.2 Å². The van der Waals surface area contributed by atoms with Crippen LogP contribution in [0, 0.1) is 11.2 Å². The molecule has 2 unspecified atom stereocenters. The Hall–Kier alpha value is -0.640. The molecule has 0 saturated carbocycles. The maximum Gasteiger partial charge on any atom is 0.142 e. The molecule has 1 aromatic rings. The lowest BCUT2D eigenvalue weighted by Gasteiger charge is -2.33. The first-order chi connectivity index (χ1) is 8.25. The number of hydrogen-bond donors (Lipinski definition) is 1. The minimum atomic E-state index is -0.685. The Morgan fingerprint density at radius 2 is 2.00 bits per heavy atom. The Bertz CT molecular complexity index is 401. The lowest BCUT2D eigenvalue weighted by atomic mass is 9.84. The fraction of sp³-hybridized carbons (Fsp3) is 0.571. The second-order valence-electron chi connectivity index (χ2n) is 5.54. The van der Waals surface area contributed by atoms with Gasteiger partial charge < -0.3 is 9.84 Å². The molecule has 0 amide bonds. The van der Waals surface area contributed by atoms with Crippen molar-refractivity contribution in [3.63, 3.8) is 0 Å². The maximum absolute atomic E-state index is 13.3. The van der Waals surface area contributed by atoms with Crippen molar-refractivity contribution in [2.75, 3.05) is 7.11 Å². The Morgan fingerprint density at radius 1 is 1.39 bits per heavy atom. The van der Waals surface area contributed by atoms with Gasteiger partial charge in [-0.15, -0.1) is 0 Å². The highest BCUT2D eigenvalue weighted by atomic mass is 35.5. The van der Waals surface area contributed by atoms with Crippen LogP contribution < -0.4 is 0 Å². The molecular weight excluding hydrogens is 255 g/mol. The highest BCUT2D eigenvalue weighted by Crippen LogP contribution is 2.26. The van der Waals surface area contributed by atoms with Crippen LogP contribution in [0.1, 0.15) is 26.3 Å². The molecule has 2 atom stereocenters. The molecule has 102 valence electrons. The monoisotopic (exact) mass is 274 g/mol. The zero-order valence-corrected chi connectivity index (χ0v) is 12.0. The highest BCUT2D eigenvalue weighted by Gasteiger charge is 2.31. The smallest absolute Gasteiger partial charge is 0.142 e. The summed E-state index contributed by atoms with van der Waals surface area (Å²) in [6, 6.07) is 4.56. The molecule has 0 aromatic heterocycles. The fourth-order valence-electron chi connectivity index (χ4n) is 2.10. The molecule has 0 aliphatic rings. The van der Waals surface area contributed by atoms with Gasteiger partial charge in [-0.3, -0.25) is 0 Å². The first kappa shape index (κ1) is 15.4. The molecule has 0 heterocycles. The lowest BCUT2D eigenvalue weighted by molar-refractivity contribution is -0.0699. The third-order valence-corrected chi connectivity index (χ3v) is 3.19. The molecule has 0 bridgehead atoms. The van der Waals surface area contributed by atoms with Crippen LogP contribution in [0.5, 0.6) is 0 Å². The quantitative estimate of drug-likeness (QED) is 0.911. The van der Waals surface area contributed by atoms with Gasteiger partial charge in [0, 0.05) is 13.5 Å². The largest absolute Gasteiger partial charge is 0.390 e. The van der Waals surface area contributed by atoms with Gasteiger partial charge in [-0.2, -0.15) is 0 Å². The summed E-state index contributed by atoms with van der Waals surface area (Å²) in [7, 11) is 1.57. The molecule has 1 rings (SSSR count). The van der Waals surface area contributed by atoms with Crippen molar-refractivity contribution in [1.82, 2.24) is 0 Å². The van der Waals surface area contributed by atoms with E-state index < -0.39 is 11.9 Å². The number of halogens is 2. The second-order valence-corrected chi connectivity index (χ2v) is 5.95. The Labute approximate surface area is 113 Å². The minimum Gasteiger partial charge on any atom is -0.390 e. The summed E-state index contributed by atoms with van der Waals surface area (Å²) in [6.45, 7) is 5.98. The van der Waals surface area contributed by atoms with E-state index in [4.69, 9.17) is 16.3 Å². The van der Waals surface area contributed by atoms with Gasteiger partial charge in [0.15, 0.2) is 0 Å². The van der Waals surface area contributed by atoms with E-state index in [9.17, 15) is 9.50 Å². The predicted octanol–water partition coefficient (Wildman–Crippen LogP) is 3.44. The van der Waals surface area contributed by atoms with Crippen LogP contribution in [0.4, 0.5) is 4.39 Å². The van der Waals surface area contributed by atoms with Gasteiger partial charge in [0.25, 0.3) is 0 Å². The van der Waals surface area contributed by atoms with Gasteiger partial charge in [-0.1, -0.05) is 38.4 Å². The van der Waals surface area contributed by atoms with E-state index in [2.05, 4.69) is 0 Å².